The number of ether oxygens (including phenoxy) is 2. The van der Waals surface area contributed by atoms with E-state index in [9.17, 15) is 13.2 Å². The van der Waals surface area contributed by atoms with Crippen molar-refractivity contribution in [2.24, 2.45) is 5.10 Å². The molecule has 0 saturated carbocycles. The van der Waals surface area contributed by atoms with Gasteiger partial charge in [-0.15, -0.1) is 0 Å². The van der Waals surface area contributed by atoms with Crippen LogP contribution in [0, 0.1) is 0 Å². The number of hydrogen-bond acceptors (Lipinski definition) is 6. The molecule has 0 heterocycles. The Hall–Kier alpha value is -3.07. The fourth-order valence-electron chi connectivity index (χ4n) is 2.18. The molecule has 0 saturated heterocycles. The fourth-order valence-corrected chi connectivity index (χ4v) is 2.68. The topological polar surface area (TPSA) is 97.3 Å². The minimum absolute atomic E-state index is 0.343. The van der Waals surface area contributed by atoms with E-state index in [0.29, 0.717) is 28.3 Å². The minimum atomic E-state index is -3.36. The summed E-state index contributed by atoms with van der Waals surface area (Å²) in [4.78, 5) is 12.2. The van der Waals surface area contributed by atoms with Crippen LogP contribution >= 0.6 is 0 Å². The van der Waals surface area contributed by atoms with Gasteiger partial charge in [-0.05, 0) is 42.5 Å². The molecule has 2 aromatic rings. The molecule has 0 spiro atoms. The second kappa shape index (κ2) is 8.54. The van der Waals surface area contributed by atoms with Gasteiger partial charge in [-0.2, -0.15) is 5.10 Å². The number of benzene rings is 2. The third-order valence-electron chi connectivity index (χ3n) is 3.80. The van der Waals surface area contributed by atoms with E-state index in [1.54, 1.807) is 37.4 Å². The largest absolute Gasteiger partial charge is 0.497 e. The third-order valence-corrected chi connectivity index (χ3v) is 5.00. The Kier molecular flexibility index (Phi) is 6.40. The monoisotopic (exact) mass is 391 g/mol. The first kappa shape index (κ1) is 20.2. The summed E-state index contributed by atoms with van der Waals surface area (Å²) in [6, 6.07) is 11.4. The molecule has 0 unspecified atom stereocenters. The standard InChI is InChI=1S/C18H21N3O5S/c1-21(27(4,23)24)15-7-5-13(6-8-15)18(22)20-19-12-14-11-16(25-2)9-10-17(14)26-3/h5-12H,1-4H3,(H,20,22)/b19-12-. The molecule has 0 aliphatic rings. The highest BCUT2D eigenvalue weighted by molar-refractivity contribution is 7.92. The van der Waals surface area contributed by atoms with Crippen molar-refractivity contribution in [3.63, 3.8) is 0 Å². The summed E-state index contributed by atoms with van der Waals surface area (Å²) >= 11 is 0. The lowest BCUT2D eigenvalue weighted by molar-refractivity contribution is 0.0955. The molecule has 9 heteroatoms. The van der Waals surface area contributed by atoms with E-state index in [2.05, 4.69) is 10.5 Å². The quantitative estimate of drug-likeness (QED) is 0.574. The number of nitrogens with zero attached hydrogens (tertiary/aromatic N) is 2. The fraction of sp³-hybridized carbons (Fsp3) is 0.222. The van der Waals surface area contributed by atoms with E-state index >= 15 is 0 Å². The van der Waals surface area contributed by atoms with Gasteiger partial charge in [0.25, 0.3) is 5.91 Å². The maximum atomic E-state index is 12.2. The summed E-state index contributed by atoms with van der Waals surface area (Å²) in [7, 11) is 1.17. The third kappa shape index (κ3) is 5.20. The number of sulfonamides is 1. The van der Waals surface area contributed by atoms with Gasteiger partial charge in [0.1, 0.15) is 11.5 Å². The number of anilines is 1. The summed E-state index contributed by atoms with van der Waals surface area (Å²) < 4.78 is 34.6. The Labute approximate surface area is 158 Å². The zero-order valence-electron chi connectivity index (χ0n) is 15.5. The normalized spacial score (nSPS) is 11.3. The first-order valence-electron chi connectivity index (χ1n) is 7.85. The highest BCUT2D eigenvalue weighted by Crippen LogP contribution is 2.22. The van der Waals surface area contributed by atoms with E-state index in [1.165, 1.54) is 32.5 Å². The summed E-state index contributed by atoms with van der Waals surface area (Å²) in [5.41, 5.74) is 3.86. The lowest BCUT2D eigenvalue weighted by atomic mass is 10.2. The van der Waals surface area contributed by atoms with Crippen LogP contribution in [0.25, 0.3) is 0 Å². The van der Waals surface area contributed by atoms with Crippen LogP contribution < -0.4 is 19.2 Å². The first-order chi connectivity index (χ1) is 12.8. The lowest BCUT2D eigenvalue weighted by Crippen LogP contribution is -2.25. The summed E-state index contributed by atoms with van der Waals surface area (Å²) in [5.74, 6) is 0.790. The average Bonchev–Trinajstić information content (AvgIpc) is 2.66. The maximum absolute atomic E-state index is 12.2. The minimum Gasteiger partial charge on any atom is -0.497 e. The molecular formula is C18H21N3O5S. The van der Waals surface area contributed by atoms with Gasteiger partial charge in [0, 0.05) is 18.2 Å². The number of hydrazone groups is 1. The molecule has 1 amide bonds. The van der Waals surface area contributed by atoms with Crippen molar-refractivity contribution in [2.75, 3.05) is 31.8 Å². The van der Waals surface area contributed by atoms with Gasteiger partial charge in [-0.25, -0.2) is 13.8 Å². The molecule has 2 aromatic carbocycles. The second-order valence-electron chi connectivity index (χ2n) is 5.58. The summed E-state index contributed by atoms with van der Waals surface area (Å²) in [6.07, 6.45) is 2.56. The Bertz CT molecular complexity index is 940. The smallest absolute Gasteiger partial charge is 0.271 e. The molecule has 0 fully saturated rings. The zero-order chi connectivity index (χ0) is 20.0. The molecule has 0 radical (unpaired) electrons. The summed E-state index contributed by atoms with van der Waals surface area (Å²) in [5, 5.41) is 3.93. The zero-order valence-corrected chi connectivity index (χ0v) is 16.3. The van der Waals surface area contributed by atoms with E-state index in [-0.39, 0.29) is 0 Å². The van der Waals surface area contributed by atoms with E-state index in [4.69, 9.17) is 9.47 Å². The number of rotatable bonds is 7. The molecule has 1 N–H and O–H groups in total. The highest BCUT2D eigenvalue weighted by Gasteiger charge is 2.12. The predicted octanol–water partition coefficient (Wildman–Crippen LogP) is 1.86. The summed E-state index contributed by atoms with van der Waals surface area (Å²) in [6.45, 7) is 0. The van der Waals surface area contributed by atoms with Crippen LogP contribution in [-0.2, 0) is 10.0 Å². The van der Waals surface area contributed by atoms with Crippen LogP contribution in [0.5, 0.6) is 11.5 Å². The molecule has 2 rings (SSSR count). The van der Waals surface area contributed by atoms with Crippen molar-refractivity contribution in [3.8, 4) is 11.5 Å². The molecule has 0 aliphatic carbocycles. The van der Waals surface area contributed by atoms with Crippen molar-refractivity contribution >= 4 is 27.8 Å². The predicted molar refractivity (Wildman–Crippen MR) is 104 cm³/mol. The number of carbonyl (C=O) groups excluding carboxylic acids is 1. The highest BCUT2D eigenvalue weighted by atomic mass is 32.2. The van der Waals surface area contributed by atoms with Crippen LogP contribution in [0.15, 0.2) is 47.6 Å². The Morgan fingerprint density at radius 2 is 1.78 bits per heavy atom. The van der Waals surface area contributed by atoms with Crippen molar-refractivity contribution in [2.45, 2.75) is 0 Å². The number of amides is 1. The molecular weight excluding hydrogens is 370 g/mol. The Balaban J connectivity index is 2.09. The van der Waals surface area contributed by atoms with Crippen LogP contribution in [0.4, 0.5) is 5.69 Å². The Morgan fingerprint density at radius 3 is 2.33 bits per heavy atom. The molecule has 27 heavy (non-hydrogen) atoms. The molecule has 0 atom stereocenters. The number of methoxy groups -OCH3 is 2. The van der Waals surface area contributed by atoms with Gasteiger partial charge in [-0.1, -0.05) is 0 Å². The maximum Gasteiger partial charge on any atom is 0.271 e. The first-order valence-corrected chi connectivity index (χ1v) is 9.70. The Morgan fingerprint density at radius 1 is 1.11 bits per heavy atom. The van der Waals surface area contributed by atoms with Gasteiger partial charge in [0.2, 0.25) is 10.0 Å². The number of carbonyl (C=O) groups is 1. The van der Waals surface area contributed by atoms with Gasteiger partial charge in [0.15, 0.2) is 0 Å². The van der Waals surface area contributed by atoms with Crippen molar-refractivity contribution in [1.82, 2.24) is 5.43 Å². The average molecular weight is 391 g/mol. The van der Waals surface area contributed by atoms with Gasteiger partial charge in [-0.3, -0.25) is 9.10 Å². The van der Waals surface area contributed by atoms with Crippen LogP contribution in [0.1, 0.15) is 15.9 Å². The van der Waals surface area contributed by atoms with Crippen molar-refractivity contribution in [3.05, 3.63) is 53.6 Å². The molecule has 0 aliphatic heterocycles. The van der Waals surface area contributed by atoms with E-state index in [1.807, 2.05) is 0 Å². The van der Waals surface area contributed by atoms with Crippen LogP contribution in [0.2, 0.25) is 0 Å². The van der Waals surface area contributed by atoms with Crippen molar-refractivity contribution in [1.29, 1.82) is 0 Å². The molecule has 8 nitrogen and oxygen atoms in total. The van der Waals surface area contributed by atoms with Crippen LogP contribution in [-0.4, -0.2) is 48.1 Å². The van der Waals surface area contributed by atoms with E-state index < -0.39 is 15.9 Å². The SMILES string of the molecule is COc1ccc(OC)c(/C=N\NC(=O)c2ccc(N(C)S(C)(=O)=O)cc2)c1. The number of nitrogens with one attached hydrogen (secondary N) is 1. The molecule has 0 bridgehead atoms. The lowest BCUT2D eigenvalue weighted by Gasteiger charge is -2.16. The second-order valence-corrected chi connectivity index (χ2v) is 7.60. The van der Waals surface area contributed by atoms with Gasteiger partial charge < -0.3 is 9.47 Å². The van der Waals surface area contributed by atoms with Crippen LogP contribution in [0.3, 0.4) is 0 Å². The van der Waals surface area contributed by atoms with E-state index in [0.717, 1.165) is 10.6 Å². The van der Waals surface area contributed by atoms with Gasteiger partial charge in [0.05, 0.1) is 32.4 Å². The van der Waals surface area contributed by atoms with Gasteiger partial charge >= 0.3 is 0 Å². The molecule has 0 aromatic heterocycles. The van der Waals surface area contributed by atoms with Crippen molar-refractivity contribution < 1.29 is 22.7 Å². The molecule has 144 valence electrons. The number of hydrogen-bond donors (Lipinski definition) is 1.